The zero-order valence-corrected chi connectivity index (χ0v) is 19.8. The second-order valence-corrected chi connectivity index (χ2v) is 8.91. The number of carbonyl (C=O) groups excluding carboxylic acids is 2. The zero-order valence-electron chi connectivity index (χ0n) is 19.8. The molecule has 1 N–H and O–H groups in total. The van der Waals surface area contributed by atoms with Crippen LogP contribution in [0.3, 0.4) is 0 Å². The van der Waals surface area contributed by atoms with Gasteiger partial charge in [0.2, 0.25) is 11.8 Å². The standard InChI is InChI=1S/C23H28F3N3O5/c1-6-12-11-13(21(31)33-7-2)20(30)29-17(12)15(24)18(16(25)19(29)26)28-10-8-9-14(28)27-22(32)34-23(3,4)5/h11,14H,6-10H2,1-5H3,(H,27,32). The minimum absolute atomic E-state index is 0.0342. The number of ether oxygens (including phenoxy) is 2. The fraction of sp³-hybridized carbons (Fsp3) is 0.522. The molecular formula is C23H28F3N3O5. The van der Waals surface area contributed by atoms with Crippen molar-refractivity contribution in [3.8, 4) is 0 Å². The van der Waals surface area contributed by atoms with E-state index in [0.717, 1.165) is 6.07 Å². The maximum atomic E-state index is 15.8. The van der Waals surface area contributed by atoms with Crippen LogP contribution in [0, 0.1) is 17.6 Å². The number of esters is 1. The summed E-state index contributed by atoms with van der Waals surface area (Å²) in [6.07, 6.45) is -0.689. The summed E-state index contributed by atoms with van der Waals surface area (Å²) in [6.45, 7) is 8.27. The van der Waals surface area contributed by atoms with Gasteiger partial charge in [0, 0.05) is 6.54 Å². The van der Waals surface area contributed by atoms with E-state index >= 15 is 13.2 Å². The number of aromatic nitrogens is 1. The highest BCUT2D eigenvalue weighted by Gasteiger charge is 2.35. The normalized spacial score (nSPS) is 16.1. The molecule has 11 heteroatoms. The molecule has 1 aliphatic rings. The molecule has 0 aliphatic carbocycles. The number of halogens is 3. The first-order valence-electron chi connectivity index (χ1n) is 11.1. The summed E-state index contributed by atoms with van der Waals surface area (Å²) < 4.78 is 56.5. The molecule has 1 atom stereocenters. The number of carbonyl (C=O) groups is 2. The van der Waals surface area contributed by atoms with Crippen LogP contribution in [0.2, 0.25) is 0 Å². The van der Waals surface area contributed by atoms with Gasteiger partial charge in [0.25, 0.3) is 5.56 Å². The SMILES string of the molecule is CCOC(=O)c1cc(CC)c2c(F)c(N3CCCC3NC(=O)OC(C)(C)C)c(F)c(F)n2c1=O. The van der Waals surface area contributed by atoms with Gasteiger partial charge in [-0.2, -0.15) is 8.78 Å². The van der Waals surface area contributed by atoms with Crippen LogP contribution in [0.15, 0.2) is 10.9 Å². The van der Waals surface area contributed by atoms with Crippen LogP contribution in [-0.4, -0.2) is 41.4 Å². The monoisotopic (exact) mass is 483 g/mol. The van der Waals surface area contributed by atoms with E-state index in [1.165, 1.54) is 11.8 Å². The summed E-state index contributed by atoms with van der Waals surface area (Å²) >= 11 is 0. The number of alkyl carbamates (subject to hydrolysis) is 1. The van der Waals surface area contributed by atoms with E-state index in [1.54, 1.807) is 27.7 Å². The van der Waals surface area contributed by atoms with Gasteiger partial charge in [0.05, 0.1) is 12.1 Å². The molecule has 3 heterocycles. The number of pyridine rings is 2. The highest BCUT2D eigenvalue weighted by Crippen LogP contribution is 2.34. The molecule has 34 heavy (non-hydrogen) atoms. The summed E-state index contributed by atoms with van der Waals surface area (Å²) in [5.74, 6) is -5.42. The number of aryl methyl sites for hydroxylation is 1. The first-order chi connectivity index (χ1) is 15.9. The maximum Gasteiger partial charge on any atom is 0.409 e. The second kappa shape index (κ2) is 9.55. The molecule has 0 bridgehead atoms. The quantitative estimate of drug-likeness (QED) is 0.513. The third kappa shape index (κ3) is 4.69. The molecule has 1 fully saturated rings. The molecule has 0 spiro atoms. The van der Waals surface area contributed by atoms with Gasteiger partial charge in [-0.1, -0.05) is 6.92 Å². The topological polar surface area (TPSA) is 89.3 Å². The summed E-state index contributed by atoms with van der Waals surface area (Å²) in [6, 6.07) is 1.14. The van der Waals surface area contributed by atoms with Crippen molar-refractivity contribution < 1.29 is 32.2 Å². The van der Waals surface area contributed by atoms with Gasteiger partial charge in [-0.15, -0.1) is 0 Å². The molecular weight excluding hydrogens is 455 g/mol. The smallest absolute Gasteiger partial charge is 0.409 e. The third-order valence-electron chi connectivity index (χ3n) is 5.38. The lowest BCUT2D eigenvalue weighted by Gasteiger charge is -2.30. The molecule has 1 amide bonds. The fourth-order valence-corrected chi connectivity index (χ4v) is 4.01. The second-order valence-electron chi connectivity index (χ2n) is 8.91. The lowest BCUT2D eigenvalue weighted by Crippen LogP contribution is -2.47. The molecule has 1 unspecified atom stereocenters. The van der Waals surface area contributed by atoms with E-state index < -0.39 is 63.7 Å². The van der Waals surface area contributed by atoms with Crippen LogP contribution in [-0.2, 0) is 15.9 Å². The average Bonchev–Trinajstić information content (AvgIpc) is 3.18. The molecule has 0 radical (unpaired) electrons. The Morgan fingerprint density at radius 3 is 2.44 bits per heavy atom. The first kappa shape index (κ1) is 25.4. The molecule has 0 saturated carbocycles. The summed E-state index contributed by atoms with van der Waals surface area (Å²) in [4.78, 5) is 38.4. The highest BCUT2D eigenvalue weighted by molar-refractivity contribution is 5.90. The lowest BCUT2D eigenvalue weighted by atomic mass is 10.1. The summed E-state index contributed by atoms with van der Waals surface area (Å²) in [7, 11) is 0. The maximum absolute atomic E-state index is 15.8. The Morgan fingerprint density at radius 1 is 1.18 bits per heavy atom. The highest BCUT2D eigenvalue weighted by atomic mass is 19.2. The van der Waals surface area contributed by atoms with E-state index in [1.807, 2.05) is 0 Å². The van der Waals surface area contributed by atoms with Gasteiger partial charge in [0.15, 0.2) is 5.82 Å². The van der Waals surface area contributed by atoms with Crippen LogP contribution in [0.25, 0.3) is 5.52 Å². The molecule has 2 aromatic rings. The zero-order chi connectivity index (χ0) is 25.4. The van der Waals surface area contributed by atoms with E-state index in [0.29, 0.717) is 12.8 Å². The Morgan fingerprint density at radius 2 is 1.85 bits per heavy atom. The Balaban J connectivity index is 2.16. The van der Waals surface area contributed by atoms with E-state index in [-0.39, 0.29) is 29.5 Å². The van der Waals surface area contributed by atoms with Gasteiger partial charge < -0.3 is 19.7 Å². The average molecular weight is 483 g/mol. The van der Waals surface area contributed by atoms with Crippen molar-refractivity contribution in [1.82, 2.24) is 9.72 Å². The molecule has 1 saturated heterocycles. The van der Waals surface area contributed by atoms with Crippen LogP contribution in [0.4, 0.5) is 23.7 Å². The van der Waals surface area contributed by atoms with E-state index in [2.05, 4.69) is 5.32 Å². The van der Waals surface area contributed by atoms with Crippen molar-refractivity contribution in [2.24, 2.45) is 0 Å². The number of nitrogens with zero attached hydrogens (tertiary/aromatic N) is 2. The fourth-order valence-electron chi connectivity index (χ4n) is 4.01. The number of amides is 1. The van der Waals surface area contributed by atoms with Gasteiger partial charge in [-0.3, -0.25) is 4.79 Å². The van der Waals surface area contributed by atoms with Crippen molar-refractivity contribution in [2.45, 2.75) is 65.6 Å². The minimum Gasteiger partial charge on any atom is -0.462 e. The molecule has 0 aromatic carbocycles. The Hall–Kier alpha value is -3.24. The number of hydrogen-bond donors (Lipinski definition) is 1. The molecule has 1 aliphatic heterocycles. The molecule has 8 nitrogen and oxygen atoms in total. The van der Waals surface area contributed by atoms with Crippen LogP contribution in [0.5, 0.6) is 0 Å². The lowest BCUT2D eigenvalue weighted by molar-refractivity contribution is 0.0501. The van der Waals surface area contributed by atoms with E-state index in [4.69, 9.17) is 9.47 Å². The Kier molecular flexibility index (Phi) is 7.13. The first-order valence-corrected chi connectivity index (χ1v) is 11.1. The number of anilines is 1. The third-order valence-corrected chi connectivity index (χ3v) is 5.38. The Labute approximate surface area is 194 Å². The summed E-state index contributed by atoms with van der Waals surface area (Å²) in [5, 5.41) is 2.56. The number of fused-ring (bicyclic) bond motifs is 1. The largest absolute Gasteiger partial charge is 0.462 e. The van der Waals surface area contributed by atoms with Crippen molar-refractivity contribution in [3.63, 3.8) is 0 Å². The molecule has 3 rings (SSSR count). The van der Waals surface area contributed by atoms with Crippen molar-refractivity contribution >= 4 is 23.3 Å². The van der Waals surface area contributed by atoms with E-state index in [9.17, 15) is 14.4 Å². The van der Waals surface area contributed by atoms with Crippen LogP contribution in [0.1, 0.15) is 63.4 Å². The molecule has 186 valence electrons. The van der Waals surface area contributed by atoms with Crippen LogP contribution < -0.4 is 15.8 Å². The van der Waals surface area contributed by atoms with Crippen molar-refractivity contribution in [2.75, 3.05) is 18.1 Å². The number of rotatable bonds is 5. The number of hydrogen-bond acceptors (Lipinski definition) is 6. The minimum atomic E-state index is -1.64. The van der Waals surface area contributed by atoms with Gasteiger partial charge in [-0.05, 0) is 58.6 Å². The predicted molar refractivity (Wildman–Crippen MR) is 119 cm³/mol. The molecule has 2 aromatic heterocycles. The number of nitrogens with one attached hydrogen (secondary N) is 1. The predicted octanol–water partition coefficient (Wildman–Crippen LogP) is 3.91. The Bertz CT molecular complexity index is 1190. The van der Waals surface area contributed by atoms with Crippen LogP contribution >= 0.6 is 0 Å². The van der Waals surface area contributed by atoms with Crippen molar-refractivity contribution in [3.05, 3.63) is 45.1 Å². The van der Waals surface area contributed by atoms with Crippen molar-refractivity contribution in [1.29, 1.82) is 0 Å². The van der Waals surface area contributed by atoms with Gasteiger partial charge in [-0.25, -0.2) is 18.4 Å². The van der Waals surface area contributed by atoms with Gasteiger partial charge in [0.1, 0.15) is 23.0 Å². The van der Waals surface area contributed by atoms with Gasteiger partial charge >= 0.3 is 12.1 Å². The summed E-state index contributed by atoms with van der Waals surface area (Å²) in [5.41, 5.74) is -3.58.